The largest absolute Gasteiger partial charge is 0.0619 e. The van der Waals surface area contributed by atoms with Crippen LogP contribution >= 0.6 is 15.9 Å². The van der Waals surface area contributed by atoms with Crippen LogP contribution in [0.2, 0.25) is 0 Å². The molecule has 3 aromatic rings. The first-order valence-corrected chi connectivity index (χ1v) is 8.42. The summed E-state index contributed by atoms with van der Waals surface area (Å²) in [5, 5.41) is 0. The van der Waals surface area contributed by atoms with Crippen molar-refractivity contribution < 1.29 is 0 Å². The fraction of sp³-hybridized carbons (Fsp3) is 0.143. The molecule has 4 rings (SSSR count). The van der Waals surface area contributed by atoms with Crippen LogP contribution in [0.1, 0.15) is 22.3 Å². The van der Waals surface area contributed by atoms with Crippen LogP contribution < -0.4 is 0 Å². The maximum Gasteiger partial charge on any atom is 0.0253 e. The Balaban J connectivity index is 2.06. The van der Waals surface area contributed by atoms with Gasteiger partial charge in [-0.05, 0) is 70.8 Å². The molecule has 0 saturated carbocycles. The van der Waals surface area contributed by atoms with Gasteiger partial charge in [0.2, 0.25) is 0 Å². The highest BCUT2D eigenvalue weighted by Gasteiger charge is 2.24. The summed E-state index contributed by atoms with van der Waals surface area (Å²) in [5.41, 5.74) is 11.2. The Kier molecular flexibility index (Phi) is 3.19. The third-order valence-electron chi connectivity index (χ3n) is 4.77. The first kappa shape index (κ1) is 13.8. The van der Waals surface area contributed by atoms with Crippen LogP contribution in [0.15, 0.2) is 59.1 Å². The molecule has 0 aliphatic heterocycles. The molecule has 0 nitrogen and oxygen atoms in total. The standard InChI is InChI=1S/C21H17Br/c1-13-11-18-16-8-4-3-7-15(16)12-19(18)21(14(13)2)17-9-5-6-10-20(17)22/h3-11H,12H2,1-2H3. The summed E-state index contributed by atoms with van der Waals surface area (Å²) in [6.07, 6.45) is 1.03. The summed E-state index contributed by atoms with van der Waals surface area (Å²) in [6, 6.07) is 19.7. The van der Waals surface area contributed by atoms with E-state index in [1.807, 2.05) is 0 Å². The highest BCUT2D eigenvalue weighted by Crippen LogP contribution is 2.45. The third kappa shape index (κ3) is 1.96. The Morgan fingerprint density at radius 1 is 0.818 bits per heavy atom. The average Bonchev–Trinajstić information content (AvgIpc) is 2.88. The van der Waals surface area contributed by atoms with Crippen molar-refractivity contribution in [1.29, 1.82) is 0 Å². The van der Waals surface area contributed by atoms with E-state index in [4.69, 9.17) is 0 Å². The minimum atomic E-state index is 1.03. The maximum atomic E-state index is 3.74. The van der Waals surface area contributed by atoms with E-state index in [9.17, 15) is 0 Å². The van der Waals surface area contributed by atoms with Crippen LogP contribution in [0.3, 0.4) is 0 Å². The molecule has 1 aliphatic carbocycles. The Labute approximate surface area is 140 Å². The summed E-state index contributed by atoms with van der Waals surface area (Å²) in [4.78, 5) is 0. The van der Waals surface area contributed by atoms with Crippen molar-refractivity contribution in [3.05, 3.63) is 81.3 Å². The smallest absolute Gasteiger partial charge is 0.0253 e. The van der Waals surface area contributed by atoms with E-state index in [2.05, 4.69) is 84.4 Å². The van der Waals surface area contributed by atoms with Crippen LogP contribution in [0.25, 0.3) is 22.3 Å². The molecule has 3 aromatic carbocycles. The van der Waals surface area contributed by atoms with Gasteiger partial charge in [0.05, 0.1) is 0 Å². The molecule has 0 heterocycles. The first-order valence-electron chi connectivity index (χ1n) is 7.63. The predicted octanol–water partition coefficient (Wildman–Crippen LogP) is 6.30. The summed E-state index contributed by atoms with van der Waals surface area (Å²) in [5.74, 6) is 0. The number of aryl methyl sites for hydroxylation is 1. The minimum absolute atomic E-state index is 1.03. The number of rotatable bonds is 1. The van der Waals surface area contributed by atoms with E-state index in [1.165, 1.54) is 49.0 Å². The Bertz CT molecular complexity index is 890. The zero-order chi connectivity index (χ0) is 15.3. The predicted molar refractivity (Wildman–Crippen MR) is 97.3 cm³/mol. The average molecular weight is 349 g/mol. The fourth-order valence-corrected chi connectivity index (χ4v) is 4.03. The Morgan fingerprint density at radius 2 is 1.50 bits per heavy atom. The van der Waals surface area contributed by atoms with Gasteiger partial charge in [0.25, 0.3) is 0 Å². The van der Waals surface area contributed by atoms with Gasteiger partial charge in [0.1, 0.15) is 0 Å². The van der Waals surface area contributed by atoms with Gasteiger partial charge in [-0.25, -0.2) is 0 Å². The lowest BCUT2D eigenvalue weighted by atomic mass is 9.89. The van der Waals surface area contributed by atoms with E-state index in [-0.39, 0.29) is 0 Å². The maximum absolute atomic E-state index is 3.74. The molecular weight excluding hydrogens is 332 g/mol. The van der Waals surface area contributed by atoms with Gasteiger partial charge >= 0.3 is 0 Å². The molecule has 0 bridgehead atoms. The summed E-state index contributed by atoms with van der Waals surface area (Å²) in [7, 11) is 0. The normalized spacial score (nSPS) is 12.1. The zero-order valence-corrected chi connectivity index (χ0v) is 14.4. The molecule has 0 saturated heterocycles. The number of hydrogen-bond donors (Lipinski definition) is 0. The van der Waals surface area contributed by atoms with E-state index >= 15 is 0 Å². The molecule has 0 radical (unpaired) electrons. The van der Waals surface area contributed by atoms with E-state index in [0.717, 1.165) is 6.42 Å². The lowest BCUT2D eigenvalue weighted by Gasteiger charge is -2.16. The molecule has 0 amide bonds. The van der Waals surface area contributed by atoms with Gasteiger partial charge in [0.15, 0.2) is 0 Å². The summed E-state index contributed by atoms with van der Waals surface area (Å²) < 4.78 is 1.17. The van der Waals surface area contributed by atoms with Crippen molar-refractivity contribution in [3.63, 3.8) is 0 Å². The number of fused-ring (bicyclic) bond motifs is 3. The highest BCUT2D eigenvalue weighted by atomic mass is 79.9. The second-order valence-electron chi connectivity index (χ2n) is 6.03. The van der Waals surface area contributed by atoms with Crippen LogP contribution in [0, 0.1) is 13.8 Å². The topological polar surface area (TPSA) is 0 Å². The van der Waals surface area contributed by atoms with Gasteiger partial charge in [0, 0.05) is 4.47 Å². The van der Waals surface area contributed by atoms with Crippen molar-refractivity contribution in [3.8, 4) is 22.3 Å². The molecule has 1 heteroatoms. The summed E-state index contributed by atoms with van der Waals surface area (Å²) in [6.45, 7) is 4.46. The molecule has 1 aliphatic rings. The van der Waals surface area contributed by atoms with E-state index in [1.54, 1.807) is 0 Å². The van der Waals surface area contributed by atoms with Crippen LogP contribution in [-0.2, 0) is 6.42 Å². The van der Waals surface area contributed by atoms with Gasteiger partial charge in [-0.15, -0.1) is 0 Å². The second kappa shape index (κ2) is 5.10. The van der Waals surface area contributed by atoms with Crippen molar-refractivity contribution in [2.24, 2.45) is 0 Å². The number of hydrogen-bond acceptors (Lipinski definition) is 0. The van der Waals surface area contributed by atoms with Crippen LogP contribution in [0.5, 0.6) is 0 Å². The molecule has 0 aromatic heterocycles. The van der Waals surface area contributed by atoms with Crippen molar-refractivity contribution in [1.82, 2.24) is 0 Å². The van der Waals surface area contributed by atoms with Crippen molar-refractivity contribution in [2.75, 3.05) is 0 Å². The SMILES string of the molecule is Cc1cc2c(c(-c3ccccc3Br)c1C)Cc1ccccc1-2. The number of benzene rings is 3. The molecule has 0 N–H and O–H groups in total. The molecule has 0 spiro atoms. The molecule has 0 unspecified atom stereocenters. The Hall–Kier alpha value is -1.86. The lowest BCUT2D eigenvalue weighted by molar-refractivity contribution is 1.23. The third-order valence-corrected chi connectivity index (χ3v) is 5.46. The lowest BCUT2D eigenvalue weighted by Crippen LogP contribution is -1.95. The monoisotopic (exact) mass is 348 g/mol. The molecule has 0 atom stereocenters. The molecule has 108 valence electrons. The van der Waals surface area contributed by atoms with Crippen molar-refractivity contribution >= 4 is 15.9 Å². The van der Waals surface area contributed by atoms with E-state index < -0.39 is 0 Å². The highest BCUT2D eigenvalue weighted by molar-refractivity contribution is 9.10. The van der Waals surface area contributed by atoms with Crippen LogP contribution in [-0.4, -0.2) is 0 Å². The van der Waals surface area contributed by atoms with Crippen molar-refractivity contribution in [2.45, 2.75) is 20.3 Å². The van der Waals surface area contributed by atoms with Gasteiger partial charge in [-0.1, -0.05) is 64.5 Å². The second-order valence-corrected chi connectivity index (χ2v) is 6.89. The zero-order valence-electron chi connectivity index (χ0n) is 12.8. The van der Waals surface area contributed by atoms with Crippen LogP contribution in [0.4, 0.5) is 0 Å². The molecule has 0 fully saturated rings. The van der Waals surface area contributed by atoms with Gasteiger partial charge in [-0.2, -0.15) is 0 Å². The fourth-order valence-electron chi connectivity index (χ4n) is 3.55. The van der Waals surface area contributed by atoms with Gasteiger partial charge < -0.3 is 0 Å². The van der Waals surface area contributed by atoms with Gasteiger partial charge in [-0.3, -0.25) is 0 Å². The molecular formula is C21H17Br. The number of halogens is 1. The quantitative estimate of drug-likeness (QED) is 0.378. The summed E-state index contributed by atoms with van der Waals surface area (Å²) >= 11 is 3.74. The van der Waals surface area contributed by atoms with E-state index in [0.29, 0.717) is 0 Å². The molecule has 22 heavy (non-hydrogen) atoms. The Morgan fingerprint density at radius 3 is 2.27 bits per heavy atom. The first-order chi connectivity index (χ1) is 10.7. The minimum Gasteiger partial charge on any atom is -0.0619 e.